The SMILES string of the molecule is Cc1ncccc1COC(=O)NCc1ccc(-c2noc(C(F)(F)F)n2)cn1. The molecule has 0 saturated heterocycles. The topological polar surface area (TPSA) is 103 Å². The Labute approximate surface area is 156 Å². The van der Waals surface area contributed by atoms with Crippen LogP contribution in [0.2, 0.25) is 0 Å². The maximum atomic E-state index is 12.5. The molecule has 0 radical (unpaired) electrons. The Morgan fingerprint density at radius 3 is 2.71 bits per heavy atom. The van der Waals surface area contributed by atoms with E-state index >= 15 is 0 Å². The molecule has 0 aliphatic heterocycles. The molecule has 1 amide bonds. The van der Waals surface area contributed by atoms with E-state index in [0.717, 1.165) is 11.3 Å². The fourth-order valence-electron chi connectivity index (χ4n) is 2.14. The minimum atomic E-state index is -4.71. The number of nitrogens with one attached hydrogen (secondary N) is 1. The van der Waals surface area contributed by atoms with E-state index in [1.54, 1.807) is 18.3 Å². The van der Waals surface area contributed by atoms with Crippen LogP contribution < -0.4 is 5.32 Å². The van der Waals surface area contributed by atoms with Crippen LogP contribution >= 0.6 is 0 Å². The van der Waals surface area contributed by atoms with Gasteiger partial charge in [0.2, 0.25) is 5.82 Å². The van der Waals surface area contributed by atoms with E-state index in [-0.39, 0.29) is 24.5 Å². The molecule has 3 heterocycles. The standard InChI is InChI=1S/C17H14F3N5O3/c1-10-12(3-2-6-21-10)9-27-16(26)23-8-13-5-4-11(7-22-13)14-24-15(28-25-14)17(18,19)20/h2-7H,8-9H2,1H3,(H,23,26). The first kappa shape index (κ1) is 19.3. The van der Waals surface area contributed by atoms with E-state index in [1.807, 2.05) is 6.92 Å². The summed E-state index contributed by atoms with van der Waals surface area (Å²) in [5.41, 5.74) is 2.27. The van der Waals surface area contributed by atoms with Gasteiger partial charge < -0.3 is 14.6 Å². The van der Waals surface area contributed by atoms with Gasteiger partial charge in [0.05, 0.1) is 12.2 Å². The van der Waals surface area contributed by atoms with Gasteiger partial charge in [0.1, 0.15) is 6.61 Å². The molecule has 11 heteroatoms. The van der Waals surface area contributed by atoms with Gasteiger partial charge in [-0.1, -0.05) is 11.2 Å². The van der Waals surface area contributed by atoms with E-state index in [2.05, 4.69) is 29.9 Å². The van der Waals surface area contributed by atoms with E-state index < -0.39 is 18.2 Å². The van der Waals surface area contributed by atoms with Gasteiger partial charge >= 0.3 is 18.2 Å². The Bertz CT molecular complexity index is 957. The van der Waals surface area contributed by atoms with Gasteiger partial charge in [-0.25, -0.2) is 4.79 Å². The number of rotatable bonds is 5. The quantitative estimate of drug-likeness (QED) is 0.709. The monoisotopic (exact) mass is 393 g/mol. The average Bonchev–Trinajstić information content (AvgIpc) is 3.17. The molecule has 0 aliphatic rings. The van der Waals surface area contributed by atoms with Crippen LogP contribution in [-0.2, 0) is 24.1 Å². The van der Waals surface area contributed by atoms with Gasteiger partial charge in [0.15, 0.2) is 0 Å². The first-order valence-electron chi connectivity index (χ1n) is 8.00. The highest BCUT2D eigenvalue weighted by atomic mass is 19.4. The molecule has 0 spiro atoms. The van der Waals surface area contributed by atoms with Crippen molar-refractivity contribution in [1.82, 2.24) is 25.4 Å². The number of carbonyl (C=O) groups is 1. The largest absolute Gasteiger partial charge is 0.471 e. The molecule has 0 unspecified atom stereocenters. The summed E-state index contributed by atoms with van der Waals surface area (Å²) < 4.78 is 46.7. The zero-order chi connectivity index (χ0) is 20.1. The number of hydrogen-bond acceptors (Lipinski definition) is 7. The molecule has 0 aliphatic carbocycles. The molecule has 8 nitrogen and oxygen atoms in total. The number of carbonyl (C=O) groups excluding carboxylic acids is 1. The lowest BCUT2D eigenvalue weighted by atomic mass is 10.2. The number of pyridine rings is 2. The van der Waals surface area contributed by atoms with Crippen LogP contribution in [0.15, 0.2) is 41.2 Å². The van der Waals surface area contributed by atoms with E-state index in [0.29, 0.717) is 5.69 Å². The maximum Gasteiger partial charge on any atom is 0.471 e. The fraction of sp³-hybridized carbons (Fsp3) is 0.235. The highest BCUT2D eigenvalue weighted by Crippen LogP contribution is 2.29. The summed E-state index contributed by atoms with van der Waals surface area (Å²) in [6.07, 6.45) is -2.42. The predicted octanol–water partition coefficient (Wildman–Crippen LogP) is 3.28. The van der Waals surface area contributed by atoms with Crippen molar-refractivity contribution < 1.29 is 27.2 Å². The minimum Gasteiger partial charge on any atom is -0.445 e. The van der Waals surface area contributed by atoms with Crippen LogP contribution in [0.25, 0.3) is 11.4 Å². The highest BCUT2D eigenvalue weighted by Gasteiger charge is 2.38. The molecule has 28 heavy (non-hydrogen) atoms. The van der Waals surface area contributed by atoms with Gasteiger partial charge in [-0.05, 0) is 25.1 Å². The fourth-order valence-corrected chi connectivity index (χ4v) is 2.14. The summed E-state index contributed by atoms with van der Waals surface area (Å²) in [6, 6.07) is 6.54. The number of aromatic nitrogens is 4. The summed E-state index contributed by atoms with van der Waals surface area (Å²) in [7, 11) is 0. The van der Waals surface area contributed by atoms with Crippen molar-refractivity contribution >= 4 is 6.09 Å². The smallest absolute Gasteiger partial charge is 0.445 e. The Morgan fingerprint density at radius 2 is 2.07 bits per heavy atom. The van der Waals surface area contributed by atoms with Gasteiger partial charge in [0, 0.05) is 29.2 Å². The Balaban J connectivity index is 1.52. The Morgan fingerprint density at radius 1 is 1.25 bits per heavy atom. The number of nitrogens with zero attached hydrogens (tertiary/aromatic N) is 4. The first-order valence-corrected chi connectivity index (χ1v) is 8.00. The van der Waals surface area contributed by atoms with Crippen LogP contribution in [0.4, 0.5) is 18.0 Å². The minimum absolute atomic E-state index is 0.0746. The van der Waals surface area contributed by atoms with Crippen molar-refractivity contribution in [3.05, 3.63) is 59.5 Å². The molecule has 0 aromatic carbocycles. The third kappa shape index (κ3) is 4.81. The zero-order valence-electron chi connectivity index (χ0n) is 14.5. The number of halogens is 3. The number of alkyl carbamates (subject to hydrolysis) is 1. The predicted molar refractivity (Wildman–Crippen MR) is 88.5 cm³/mol. The van der Waals surface area contributed by atoms with Gasteiger partial charge in [-0.2, -0.15) is 18.2 Å². The van der Waals surface area contributed by atoms with Crippen molar-refractivity contribution in [2.45, 2.75) is 26.3 Å². The zero-order valence-corrected chi connectivity index (χ0v) is 14.5. The summed E-state index contributed by atoms with van der Waals surface area (Å²) in [4.78, 5) is 23.2. The summed E-state index contributed by atoms with van der Waals surface area (Å²) >= 11 is 0. The molecule has 0 atom stereocenters. The van der Waals surface area contributed by atoms with E-state index in [9.17, 15) is 18.0 Å². The molecule has 146 valence electrons. The molecular weight excluding hydrogens is 379 g/mol. The van der Waals surface area contributed by atoms with Gasteiger partial charge in [-0.15, -0.1) is 0 Å². The lowest BCUT2D eigenvalue weighted by molar-refractivity contribution is -0.159. The summed E-state index contributed by atoms with van der Waals surface area (Å²) in [6.45, 7) is 1.96. The molecule has 0 fully saturated rings. The van der Waals surface area contributed by atoms with Gasteiger partial charge in [-0.3, -0.25) is 9.97 Å². The van der Waals surface area contributed by atoms with Crippen LogP contribution in [-0.4, -0.2) is 26.2 Å². The number of alkyl halides is 3. The second-order valence-corrected chi connectivity index (χ2v) is 5.64. The maximum absolute atomic E-state index is 12.5. The third-order valence-electron chi connectivity index (χ3n) is 3.64. The second-order valence-electron chi connectivity index (χ2n) is 5.64. The summed E-state index contributed by atoms with van der Waals surface area (Å²) in [5.74, 6) is -1.66. The number of hydrogen-bond donors (Lipinski definition) is 1. The van der Waals surface area contributed by atoms with Crippen molar-refractivity contribution in [2.24, 2.45) is 0 Å². The first-order chi connectivity index (χ1) is 13.3. The molecule has 3 aromatic rings. The molecular formula is C17H14F3N5O3. The Kier molecular flexibility index (Phi) is 5.52. The molecule has 3 rings (SSSR count). The number of aryl methyl sites for hydroxylation is 1. The molecule has 0 bridgehead atoms. The van der Waals surface area contributed by atoms with Crippen molar-refractivity contribution in [1.29, 1.82) is 0 Å². The number of ether oxygens (including phenoxy) is 1. The Hall–Kier alpha value is -3.50. The van der Waals surface area contributed by atoms with Crippen LogP contribution in [0.3, 0.4) is 0 Å². The van der Waals surface area contributed by atoms with E-state index in [1.165, 1.54) is 18.3 Å². The van der Waals surface area contributed by atoms with Crippen LogP contribution in [0.5, 0.6) is 0 Å². The lowest BCUT2D eigenvalue weighted by Gasteiger charge is -2.08. The van der Waals surface area contributed by atoms with Crippen molar-refractivity contribution in [2.75, 3.05) is 0 Å². The molecule has 3 aromatic heterocycles. The number of amides is 1. The third-order valence-corrected chi connectivity index (χ3v) is 3.64. The van der Waals surface area contributed by atoms with Crippen molar-refractivity contribution in [3.63, 3.8) is 0 Å². The van der Waals surface area contributed by atoms with Gasteiger partial charge in [0.25, 0.3) is 0 Å². The second kappa shape index (κ2) is 8.03. The molecule has 1 N–H and O–H groups in total. The highest BCUT2D eigenvalue weighted by molar-refractivity contribution is 5.67. The van der Waals surface area contributed by atoms with Crippen LogP contribution in [0.1, 0.15) is 22.8 Å². The lowest BCUT2D eigenvalue weighted by Crippen LogP contribution is -2.24. The molecule has 0 saturated carbocycles. The normalized spacial score (nSPS) is 11.3. The van der Waals surface area contributed by atoms with Crippen molar-refractivity contribution in [3.8, 4) is 11.4 Å². The van der Waals surface area contributed by atoms with E-state index in [4.69, 9.17) is 4.74 Å². The average molecular weight is 393 g/mol. The summed E-state index contributed by atoms with van der Waals surface area (Å²) in [5, 5.41) is 5.81. The van der Waals surface area contributed by atoms with Crippen LogP contribution in [0, 0.1) is 6.92 Å².